The van der Waals surface area contributed by atoms with E-state index in [0.29, 0.717) is 19.3 Å². The summed E-state index contributed by atoms with van der Waals surface area (Å²) in [6.45, 7) is 3.63. The maximum atomic E-state index is 12.8. The lowest BCUT2D eigenvalue weighted by Crippen LogP contribution is -2.60. The van der Waals surface area contributed by atoms with Gasteiger partial charge < -0.3 is 34.3 Å². The molecule has 0 bridgehead atoms. The summed E-state index contributed by atoms with van der Waals surface area (Å²) in [4.78, 5) is 25.3. The molecule has 1 heterocycles. The predicted molar refractivity (Wildman–Crippen MR) is 224 cm³/mol. The SMILES string of the molecule is CCCCC/C=C/C/C=C/C/C=C/C/C=C/CCCC(=O)O[C@H](COC(=O)CCCCCCC/C=C/CCCCC)CO[C@H]1O[C@H](CS(=O)(=O)O)[C@@H](O)C(O)C1O. The van der Waals surface area contributed by atoms with Crippen LogP contribution in [0, 0.1) is 0 Å². The highest BCUT2D eigenvalue weighted by molar-refractivity contribution is 7.85. The number of esters is 2. The zero-order valence-electron chi connectivity index (χ0n) is 34.7. The van der Waals surface area contributed by atoms with E-state index in [4.69, 9.17) is 18.9 Å². The van der Waals surface area contributed by atoms with Crippen LogP contribution in [0.1, 0.15) is 149 Å². The fourth-order valence-electron chi connectivity index (χ4n) is 5.96. The van der Waals surface area contributed by atoms with Crippen molar-refractivity contribution in [2.24, 2.45) is 0 Å². The van der Waals surface area contributed by atoms with Crippen LogP contribution in [0.4, 0.5) is 0 Å². The number of carbonyl (C=O) groups is 2. The third-order valence-electron chi connectivity index (χ3n) is 9.32. The van der Waals surface area contributed by atoms with Crippen molar-refractivity contribution in [1.29, 1.82) is 0 Å². The molecule has 1 rings (SSSR count). The fraction of sp³-hybridized carbons (Fsp3) is 0.727. The van der Waals surface area contributed by atoms with Crippen LogP contribution in [-0.2, 0) is 38.7 Å². The first-order valence-electron chi connectivity index (χ1n) is 21.3. The van der Waals surface area contributed by atoms with Gasteiger partial charge in [-0.3, -0.25) is 14.1 Å². The number of hydrogen-bond donors (Lipinski definition) is 4. The zero-order valence-corrected chi connectivity index (χ0v) is 35.5. The largest absolute Gasteiger partial charge is 0.462 e. The van der Waals surface area contributed by atoms with Gasteiger partial charge in [-0.05, 0) is 77.0 Å². The first kappa shape index (κ1) is 52.4. The van der Waals surface area contributed by atoms with Gasteiger partial charge in [-0.15, -0.1) is 0 Å². The van der Waals surface area contributed by atoms with Crippen molar-refractivity contribution in [1.82, 2.24) is 0 Å². The second-order valence-electron chi connectivity index (χ2n) is 14.6. The molecule has 13 heteroatoms. The quantitative estimate of drug-likeness (QED) is 0.0211. The van der Waals surface area contributed by atoms with Crippen LogP contribution in [0.15, 0.2) is 60.8 Å². The third kappa shape index (κ3) is 29.2. The van der Waals surface area contributed by atoms with Crippen LogP contribution in [0.3, 0.4) is 0 Å². The van der Waals surface area contributed by atoms with E-state index >= 15 is 0 Å². The Morgan fingerprint density at radius 1 is 0.596 bits per heavy atom. The molecular weight excluding hydrogens is 753 g/mol. The lowest BCUT2D eigenvalue weighted by atomic mass is 10.00. The Morgan fingerprint density at radius 3 is 1.63 bits per heavy atom. The van der Waals surface area contributed by atoms with Crippen molar-refractivity contribution in [3.63, 3.8) is 0 Å². The molecule has 2 unspecified atom stereocenters. The van der Waals surface area contributed by atoms with Crippen molar-refractivity contribution < 1.29 is 56.8 Å². The fourth-order valence-corrected chi connectivity index (χ4v) is 6.65. The van der Waals surface area contributed by atoms with E-state index in [9.17, 15) is 37.9 Å². The molecule has 0 aliphatic carbocycles. The molecule has 0 aromatic carbocycles. The summed E-state index contributed by atoms with van der Waals surface area (Å²) in [7, 11) is -4.61. The smallest absolute Gasteiger partial charge is 0.306 e. The molecule has 1 saturated heterocycles. The monoisotopic (exact) mass is 826 g/mol. The first-order valence-corrected chi connectivity index (χ1v) is 23.0. The number of aliphatic hydroxyl groups is 3. The molecule has 0 saturated carbocycles. The number of unbranched alkanes of at least 4 members (excludes halogenated alkanes) is 12. The molecule has 0 aromatic rings. The molecule has 0 amide bonds. The summed E-state index contributed by atoms with van der Waals surface area (Å²) in [6.07, 6.45) is 31.3. The number of aliphatic hydroxyl groups excluding tert-OH is 3. The highest BCUT2D eigenvalue weighted by atomic mass is 32.2. The number of rotatable bonds is 34. The van der Waals surface area contributed by atoms with E-state index in [1.807, 2.05) is 12.2 Å². The Labute approximate surface area is 343 Å². The number of carbonyl (C=O) groups excluding carboxylic acids is 2. The molecule has 0 spiro atoms. The summed E-state index contributed by atoms with van der Waals surface area (Å²) in [5.74, 6) is -2.08. The molecular formula is C44H74O12S. The third-order valence-corrected chi connectivity index (χ3v) is 10.1. The average Bonchev–Trinajstić information content (AvgIpc) is 3.17. The van der Waals surface area contributed by atoms with Gasteiger partial charge in [0.15, 0.2) is 12.4 Å². The van der Waals surface area contributed by atoms with Gasteiger partial charge in [0.1, 0.15) is 36.8 Å². The summed E-state index contributed by atoms with van der Waals surface area (Å²) in [5.41, 5.74) is 0. The van der Waals surface area contributed by atoms with Crippen LogP contribution >= 0.6 is 0 Å². The molecule has 6 atom stereocenters. The molecule has 12 nitrogen and oxygen atoms in total. The standard InChI is InChI=1S/C44H74O12S/c1-3-5-7-9-11-13-15-17-18-19-20-21-23-25-27-29-31-33-40(46)55-37(35-54-44-43(49)42(48)41(47)38(56-44)36-57(50,51)52)34-53-39(45)32-30-28-26-24-22-16-14-12-10-8-6-4-2/h11-14,17-18,20-21,25,27,37-38,41-44,47-49H,3-10,15-16,19,22-24,26,28-36H2,1-2H3,(H,50,51,52)/b13-11+,14-12+,18-17+,21-20+,27-25+/t37-,38-,41-,42?,43?,44+/m1/s1. The van der Waals surface area contributed by atoms with Crippen molar-refractivity contribution in [2.45, 2.75) is 185 Å². The Hall–Kier alpha value is -2.65. The topological polar surface area (TPSA) is 186 Å². The molecule has 1 aliphatic heterocycles. The zero-order chi connectivity index (χ0) is 42.0. The lowest BCUT2D eigenvalue weighted by Gasteiger charge is -2.40. The van der Waals surface area contributed by atoms with Gasteiger partial charge in [-0.2, -0.15) is 8.42 Å². The van der Waals surface area contributed by atoms with Crippen LogP contribution in [-0.4, -0.2) is 96.0 Å². The minimum atomic E-state index is -4.61. The summed E-state index contributed by atoms with van der Waals surface area (Å²) < 4.78 is 53.9. The number of ether oxygens (including phenoxy) is 4. The first-order chi connectivity index (χ1) is 27.5. The highest BCUT2D eigenvalue weighted by Gasteiger charge is 2.46. The Morgan fingerprint density at radius 2 is 1.07 bits per heavy atom. The van der Waals surface area contributed by atoms with E-state index in [2.05, 4.69) is 62.5 Å². The summed E-state index contributed by atoms with van der Waals surface area (Å²) >= 11 is 0. The van der Waals surface area contributed by atoms with Crippen LogP contribution in [0.5, 0.6) is 0 Å². The van der Waals surface area contributed by atoms with Crippen molar-refractivity contribution in [3.05, 3.63) is 60.8 Å². The van der Waals surface area contributed by atoms with Crippen molar-refractivity contribution in [2.75, 3.05) is 19.0 Å². The van der Waals surface area contributed by atoms with E-state index in [-0.39, 0.29) is 19.4 Å². The second kappa shape index (κ2) is 34.2. The van der Waals surface area contributed by atoms with Crippen LogP contribution in [0.2, 0.25) is 0 Å². The maximum Gasteiger partial charge on any atom is 0.306 e. The van der Waals surface area contributed by atoms with Gasteiger partial charge in [-0.1, -0.05) is 120 Å². The van der Waals surface area contributed by atoms with Gasteiger partial charge in [-0.25, -0.2) is 0 Å². The number of allylic oxidation sites excluding steroid dienone is 10. The summed E-state index contributed by atoms with van der Waals surface area (Å²) in [6, 6.07) is 0. The Kier molecular flexibility index (Phi) is 31.5. The molecule has 1 fully saturated rings. The van der Waals surface area contributed by atoms with E-state index < -0.39 is 71.2 Å². The minimum absolute atomic E-state index is 0.0843. The van der Waals surface area contributed by atoms with Gasteiger partial charge in [0.2, 0.25) is 0 Å². The predicted octanol–water partition coefficient (Wildman–Crippen LogP) is 8.17. The molecule has 4 N–H and O–H groups in total. The maximum absolute atomic E-state index is 12.8. The van der Waals surface area contributed by atoms with Crippen molar-refractivity contribution >= 4 is 22.1 Å². The van der Waals surface area contributed by atoms with E-state index in [0.717, 1.165) is 64.2 Å². The molecule has 57 heavy (non-hydrogen) atoms. The highest BCUT2D eigenvalue weighted by Crippen LogP contribution is 2.24. The minimum Gasteiger partial charge on any atom is -0.462 e. The van der Waals surface area contributed by atoms with Gasteiger partial charge in [0.05, 0.1) is 6.61 Å². The van der Waals surface area contributed by atoms with Gasteiger partial charge in [0.25, 0.3) is 10.1 Å². The molecule has 1 aliphatic rings. The molecule has 0 aromatic heterocycles. The Balaban J connectivity index is 2.54. The summed E-state index contributed by atoms with van der Waals surface area (Å²) in [5, 5.41) is 30.8. The van der Waals surface area contributed by atoms with Gasteiger partial charge >= 0.3 is 11.9 Å². The van der Waals surface area contributed by atoms with Crippen LogP contribution < -0.4 is 0 Å². The lowest BCUT2D eigenvalue weighted by molar-refractivity contribution is -0.297. The normalized spacial score (nSPS) is 21.1. The van der Waals surface area contributed by atoms with Gasteiger partial charge in [0, 0.05) is 12.8 Å². The second-order valence-corrected chi connectivity index (χ2v) is 16.1. The average molecular weight is 827 g/mol. The number of hydrogen-bond acceptors (Lipinski definition) is 11. The van der Waals surface area contributed by atoms with E-state index in [1.54, 1.807) is 0 Å². The van der Waals surface area contributed by atoms with Crippen LogP contribution in [0.25, 0.3) is 0 Å². The van der Waals surface area contributed by atoms with E-state index in [1.165, 1.54) is 38.5 Å². The molecule has 0 radical (unpaired) electrons. The molecule has 328 valence electrons. The van der Waals surface area contributed by atoms with Crippen molar-refractivity contribution in [3.8, 4) is 0 Å². The Bertz CT molecular complexity index is 1290.